The van der Waals surface area contributed by atoms with E-state index in [0.717, 1.165) is 0 Å². The first-order chi connectivity index (χ1) is 11.5. The highest BCUT2D eigenvalue weighted by Gasteiger charge is 2.33. The number of aromatic nitrogens is 3. The Balaban J connectivity index is 1.58. The quantitative estimate of drug-likeness (QED) is 0.766. The van der Waals surface area contributed by atoms with Crippen molar-refractivity contribution in [3.05, 3.63) is 41.5 Å². The summed E-state index contributed by atoms with van der Waals surface area (Å²) in [4.78, 5) is 28.3. The summed E-state index contributed by atoms with van der Waals surface area (Å²) in [7, 11) is 0. The van der Waals surface area contributed by atoms with Gasteiger partial charge in [0, 0.05) is 5.75 Å². The Labute approximate surface area is 141 Å². The average molecular weight is 349 g/mol. The van der Waals surface area contributed by atoms with Crippen LogP contribution in [-0.2, 0) is 16.0 Å². The number of nitrogens with zero attached hydrogens (tertiary/aromatic N) is 2. The zero-order valence-electron chi connectivity index (χ0n) is 12.9. The SMILES string of the molecule is Cc1nc(NC(=O)C2CSC(Cc3ccccc3F)C(=O)N2)n[nH]1. The van der Waals surface area contributed by atoms with Crippen LogP contribution in [0.1, 0.15) is 11.4 Å². The number of halogens is 1. The van der Waals surface area contributed by atoms with E-state index < -0.39 is 11.3 Å². The fraction of sp³-hybridized carbons (Fsp3) is 0.333. The van der Waals surface area contributed by atoms with E-state index in [4.69, 9.17) is 0 Å². The minimum atomic E-state index is -0.668. The molecule has 2 aromatic rings. The van der Waals surface area contributed by atoms with Crippen LogP contribution in [0, 0.1) is 12.7 Å². The Bertz CT molecular complexity index is 766. The lowest BCUT2D eigenvalue weighted by Crippen LogP contribution is -2.53. The average Bonchev–Trinajstić information content (AvgIpc) is 2.96. The monoisotopic (exact) mass is 349 g/mol. The van der Waals surface area contributed by atoms with Gasteiger partial charge in [0.05, 0.1) is 5.25 Å². The van der Waals surface area contributed by atoms with Gasteiger partial charge in [-0.1, -0.05) is 18.2 Å². The highest BCUT2D eigenvalue weighted by molar-refractivity contribution is 8.00. The molecule has 0 bridgehead atoms. The van der Waals surface area contributed by atoms with Crippen molar-refractivity contribution in [3.8, 4) is 0 Å². The van der Waals surface area contributed by atoms with Crippen molar-refractivity contribution in [2.75, 3.05) is 11.1 Å². The van der Waals surface area contributed by atoms with Crippen LogP contribution < -0.4 is 10.6 Å². The largest absolute Gasteiger partial charge is 0.343 e. The minimum absolute atomic E-state index is 0.172. The number of aryl methyl sites for hydroxylation is 1. The van der Waals surface area contributed by atoms with Crippen molar-refractivity contribution in [3.63, 3.8) is 0 Å². The molecule has 0 saturated carbocycles. The van der Waals surface area contributed by atoms with Gasteiger partial charge >= 0.3 is 0 Å². The summed E-state index contributed by atoms with van der Waals surface area (Å²) >= 11 is 1.34. The fourth-order valence-corrected chi connectivity index (χ4v) is 3.52. The van der Waals surface area contributed by atoms with E-state index in [1.807, 2.05) is 0 Å². The van der Waals surface area contributed by atoms with Crippen molar-refractivity contribution in [2.45, 2.75) is 24.6 Å². The number of amides is 2. The highest BCUT2D eigenvalue weighted by atomic mass is 32.2. The van der Waals surface area contributed by atoms with Crippen molar-refractivity contribution in [1.82, 2.24) is 20.5 Å². The Morgan fingerprint density at radius 2 is 2.25 bits per heavy atom. The number of rotatable bonds is 4. The van der Waals surface area contributed by atoms with E-state index in [2.05, 4.69) is 25.8 Å². The number of carbonyl (C=O) groups is 2. The van der Waals surface area contributed by atoms with Gasteiger partial charge in [-0.05, 0) is 25.0 Å². The normalized spacial score (nSPS) is 20.5. The molecule has 2 amide bonds. The van der Waals surface area contributed by atoms with Crippen LogP contribution in [0.15, 0.2) is 24.3 Å². The maximum atomic E-state index is 13.7. The second kappa shape index (κ2) is 7.00. The van der Waals surface area contributed by atoms with Crippen LogP contribution in [-0.4, -0.2) is 44.0 Å². The molecule has 1 aromatic heterocycles. The van der Waals surface area contributed by atoms with E-state index in [0.29, 0.717) is 17.1 Å². The number of thioether (sulfide) groups is 1. The molecule has 2 atom stereocenters. The Hall–Kier alpha value is -2.42. The molecular formula is C15H16FN5O2S. The smallest absolute Gasteiger partial charge is 0.250 e. The summed E-state index contributed by atoms with van der Waals surface area (Å²) in [5, 5.41) is 11.2. The predicted molar refractivity (Wildman–Crippen MR) is 88.0 cm³/mol. The molecule has 1 aromatic carbocycles. The van der Waals surface area contributed by atoms with Gasteiger partial charge in [0.25, 0.3) is 0 Å². The van der Waals surface area contributed by atoms with Crippen molar-refractivity contribution in [1.29, 1.82) is 0 Å². The first-order valence-electron chi connectivity index (χ1n) is 7.38. The van der Waals surface area contributed by atoms with E-state index >= 15 is 0 Å². The molecule has 0 aliphatic carbocycles. The summed E-state index contributed by atoms with van der Waals surface area (Å²) in [5.41, 5.74) is 0.490. The molecule has 1 aliphatic rings. The van der Waals surface area contributed by atoms with Gasteiger partial charge < -0.3 is 5.32 Å². The van der Waals surface area contributed by atoms with E-state index in [9.17, 15) is 14.0 Å². The molecule has 24 heavy (non-hydrogen) atoms. The van der Waals surface area contributed by atoms with Crippen molar-refractivity contribution in [2.24, 2.45) is 0 Å². The topological polar surface area (TPSA) is 99.8 Å². The number of nitrogens with one attached hydrogen (secondary N) is 3. The number of H-pyrrole nitrogens is 1. The second-order valence-corrected chi connectivity index (χ2v) is 6.65. The van der Waals surface area contributed by atoms with E-state index in [1.54, 1.807) is 25.1 Å². The van der Waals surface area contributed by atoms with E-state index in [1.165, 1.54) is 17.8 Å². The van der Waals surface area contributed by atoms with Crippen LogP contribution in [0.2, 0.25) is 0 Å². The molecule has 0 spiro atoms. The summed E-state index contributed by atoms with van der Waals surface area (Å²) in [5.74, 6) is 0.174. The van der Waals surface area contributed by atoms with Crippen LogP contribution in [0.25, 0.3) is 0 Å². The van der Waals surface area contributed by atoms with Gasteiger partial charge in [-0.15, -0.1) is 16.9 Å². The summed E-state index contributed by atoms with van der Waals surface area (Å²) in [6, 6.07) is 5.71. The number of hydrogen-bond donors (Lipinski definition) is 3. The molecule has 2 unspecified atom stereocenters. The number of aromatic amines is 1. The summed E-state index contributed by atoms with van der Waals surface area (Å²) in [6.45, 7) is 1.72. The van der Waals surface area contributed by atoms with Gasteiger partial charge in [-0.2, -0.15) is 4.98 Å². The third kappa shape index (κ3) is 3.73. The van der Waals surface area contributed by atoms with E-state index in [-0.39, 0.29) is 30.0 Å². The minimum Gasteiger partial charge on any atom is -0.343 e. The lowest BCUT2D eigenvalue weighted by Gasteiger charge is -2.27. The Morgan fingerprint density at radius 3 is 2.92 bits per heavy atom. The van der Waals surface area contributed by atoms with Gasteiger partial charge in [0.15, 0.2) is 0 Å². The van der Waals surface area contributed by atoms with Crippen LogP contribution in [0.4, 0.5) is 10.3 Å². The Morgan fingerprint density at radius 1 is 1.46 bits per heavy atom. The van der Waals surface area contributed by atoms with Gasteiger partial charge in [-0.25, -0.2) is 4.39 Å². The molecule has 126 valence electrons. The van der Waals surface area contributed by atoms with Crippen LogP contribution in [0.3, 0.4) is 0 Å². The maximum absolute atomic E-state index is 13.7. The first-order valence-corrected chi connectivity index (χ1v) is 8.43. The molecule has 9 heteroatoms. The van der Waals surface area contributed by atoms with Crippen molar-refractivity contribution >= 4 is 29.5 Å². The highest BCUT2D eigenvalue weighted by Crippen LogP contribution is 2.23. The molecule has 1 fully saturated rings. The number of anilines is 1. The molecule has 3 rings (SSSR count). The first kappa shape index (κ1) is 16.4. The second-order valence-electron chi connectivity index (χ2n) is 5.41. The van der Waals surface area contributed by atoms with Crippen LogP contribution >= 0.6 is 11.8 Å². The zero-order chi connectivity index (χ0) is 17.1. The van der Waals surface area contributed by atoms with Gasteiger partial charge in [-0.3, -0.25) is 20.0 Å². The number of hydrogen-bond acceptors (Lipinski definition) is 5. The fourth-order valence-electron chi connectivity index (χ4n) is 2.35. The summed E-state index contributed by atoms with van der Waals surface area (Å²) < 4.78 is 13.7. The van der Waals surface area contributed by atoms with Crippen LogP contribution in [0.5, 0.6) is 0 Å². The number of benzene rings is 1. The third-order valence-corrected chi connectivity index (χ3v) is 4.89. The molecule has 1 aliphatic heterocycles. The molecule has 3 N–H and O–H groups in total. The lowest BCUT2D eigenvalue weighted by molar-refractivity contribution is -0.126. The van der Waals surface area contributed by atoms with Gasteiger partial charge in [0.1, 0.15) is 17.7 Å². The lowest BCUT2D eigenvalue weighted by atomic mass is 10.1. The van der Waals surface area contributed by atoms with Gasteiger partial charge in [0.2, 0.25) is 17.8 Å². The molecule has 2 heterocycles. The number of carbonyl (C=O) groups excluding carboxylic acids is 2. The molecule has 1 saturated heterocycles. The third-order valence-electron chi connectivity index (χ3n) is 3.58. The maximum Gasteiger partial charge on any atom is 0.250 e. The molecular weight excluding hydrogens is 333 g/mol. The summed E-state index contributed by atoms with van der Waals surface area (Å²) in [6.07, 6.45) is 0.289. The molecule has 0 radical (unpaired) electrons. The zero-order valence-corrected chi connectivity index (χ0v) is 13.7. The standard InChI is InChI=1S/C15H16FN5O2S/c1-8-17-15(21-20-8)19-13(22)11-7-24-12(14(23)18-11)6-9-4-2-3-5-10(9)16/h2-5,11-12H,6-7H2,1H3,(H,18,23)(H2,17,19,20,21,22). The Kier molecular flexibility index (Phi) is 4.79. The predicted octanol–water partition coefficient (Wildman–Crippen LogP) is 1.03. The van der Waals surface area contributed by atoms with Crippen molar-refractivity contribution < 1.29 is 14.0 Å². The molecule has 7 nitrogen and oxygen atoms in total.